The second-order valence-electron chi connectivity index (χ2n) is 11.8. The van der Waals surface area contributed by atoms with Gasteiger partial charge >= 0.3 is 0 Å². The summed E-state index contributed by atoms with van der Waals surface area (Å²) < 4.78 is 4.47. The number of hydrogen-bond donors (Lipinski definition) is 0. The Kier molecular flexibility index (Phi) is 6.72. The molecule has 5 nitrogen and oxygen atoms in total. The van der Waals surface area contributed by atoms with Crippen molar-refractivity contribution in [2.75, 3.05) is 0 Å². The standard InChI is InChI=1S/C43H29N5/c1-3-11-32(12-4-1)42-45-37-15-7-9-17-40(37)47(42)35-23-19-30(20-24-35)34-27-28-44-39(29-34)31-21-25-36(26-22-31)48-41-18-10-8-16-38(41)46-43(48)33-13-5-2-6-14-33/h1-29H. The summed E-state index contributed by atoms with van der Waals surface area (Å²) in [7, 11) is 0. The molecule has 0 spiro atoms. The summed E-state index contributed by atoms with van der Waals surface area (Å²) in [6.45, 7) is 0. The highest BCUT2D eigenvalue weighted by Crippen LogP contribution is 2.32. The highest BCUT2D eigenvalue weighted by molar-refractivity contribution is 5.85. The quantitative estimate of drug-likeness (QED) is 0.187. The highest BCUT2D eigenvalue weighted by Gasteiger charge is 2.16. The number of benzene rings is 6. The van der Waals surface area contributed by atoms with E-state index < -0.39 is 0 Å². The number of hydrogen-bond acceptors (Lipinski definition) is 3. The molecule has 0 amide bonds. The topological polar surface area (TPSA) is 48.5 Å². The van der Waals surface area contributed by atoms with Gasteiger partial charge < -0.3 is 0 Å². The van der Waals surface area contributed by atoms with Crippen molar-refractivity contribution in [3.8, 4) is 56.5 Å². The molecule has 3 aromatic heterocycles. The number of aromatic nitrogens is 5. The molecule has 0 aliphatic carbocycles. The van der Waals surface area contributed by atoms with E-state index in [4.69, 9.17) is 15.0 Å². The van der Waals surface area contributed by atoms with E-state index in [-0.39, 0.29) is 0 Å². The van der Waals surface area contributed by atoms with Crippen molar-refractivity contribution < 1.29 is 0 Å². The minimum atomic E-state index is 0.924. The molecule has 0 bridgehead atoms. The Morgan fingerprint density at radius 1 is 0.354 bits per heavy atom. The predicted molar refractivity (Wildman–Crippen MR) is 195 cm³/mol. The van der Waals surface area contributed by atoms with Gasteiger partial charge in [-0.15, -0.1) is 0 Å². The smallest absolute Gasteiger partial charge is 0.145 e. The molecule has 0 saturated carbocycles. The van der Waals surface area contributed by atoms with Crippen LogP contribution in [0.25, 0.3) is 78.6 Å². The maximum atomic E-state index is 4.99. The normalized spacial score (nSPS) is 11.3. The summed E-state index contributed by atoms with van der Waals surface area (Å²) in [5, 5.41) is 0. The van der Waals surface area contributed by atoms with Crippen LogP contribution >= 0.6 is 0 Å². The molecule has 0 aliphatic heterocycles. The van der Waals surface area contributed by atoms with E-state index in [2.05, 4.69) is 155 Å². The van der Waals surface area contributed by atoms with Crippen LogP contribution in [0.5, 0.6) is 0 Å². The van der Waals surface area contributed by atoms with Crippen LogP contribution in [0.3, 0.4) is 0 Å². The van der Waals surface area contributed by atoms with Gasteiger partial charge in [0.05, 0.1) is 27.8 Å². The van der Waals surface area contributed by atoms with E-state index in [0.29, 0.717) is 0 Å². The summed E-state index contributed by atoms with van der Waals surface area (Å²) in [6, 6.07) is 58.8. The molecule has 0 unspecified atom stereocenters. The number of nitrogens with zero attached hydrogens (tertiary/aromatic N) is 5. The fraction of sp³-hybridized carbons (Fsp3) is 0. The first-order valence-corrected chi connectivity index (χ1v) is 16.0. The van der Waals surface area contributed by atoms with E-state index in [9.17, 15) is 0 Å². The summed E-state index contributed by atoms with van der Waals surface area (Å²) >= 11 is 0. The van der Waals surface area contributed by atoms with E-state index in [0.717, 1.165) is 78.6 Å². The van der Waals surface area contributed by atoms with Crippen LogP contribution < -0.4 is 0 Å². The molecule has 0 saturated heterocycles. The molecular formula is C43H29N5. The van der Waals surface area contributed by atoms with Gasteiger partial charge in [0, 0.05) is 34.3 Å². The van der Waals surface area contributed by atoms with Crippen molar-refractivity contribution in [3.05, 3.63) is 176 Å². The third-order valence-corrected chi connectivity index (χ3v) is 8.83. The van der Waals surface area contributed by atoms with Crippen LogP contribution in [-0.2, 0) is 0 Å². The number of fused-ring (bicyclic) bond motifs is 2. The Morgan fingerprint density at radius 2 is 0.812 bits per heavy atom. The van der Waals surface area contributed by atoms with Crippen LogP contribution in [0.15, 0.2) is 176 Å². The van der Waals surface area contributed by atoms with Crippen molar-refractivity contribution in [2.45, 2.75) is 0 Å². The van der Waals surface area contributed by atoms with Crippen molar-refractivity contribution in [1.82, 2.24) is 24.1 Å². The van der Waals surface area contributed by atoms with E-state index in [1.54, 1.807) is 0 Å². The van der Waals surface area contributed by atoms with Crippen molar-refractivity contribution >= 4 is 22.1 Å². The first-order valence-electron chi connectivity index (χ1n) is 16.0. The molecule has 0 radical (unpaired) electrons. The molecule has 0 aliphatic rings. The summed E-state index contributed by atoms with van der Waals surface area (Å²) in [5.41, 5.74) is 12.6. The minimum Gasteiger partial charge on any atom is -0.292 e. The van der Waals surface area contributed by atoms with Gasteiger partial charge in [0.15, 0.2) is 0 Å². The maximum Gasteiger partial charge on any atom is 0.145 e. The zero-order valence-corrected chi connectivity index (χ0v) is 26.0. The van der Waals surface area contributed by atoms with E-state index >= 15 is 0 Å². The molecule has 0 fully saturated rings. The highest BCUT2D eigenvalue weighted by atomic mass is 15.1. The Balaban J connectivity index is 1.05. The van der Waals surface area contributed by atoms with Gasteiger partial charge in [-0.25, -0.2) is 9.97 Å². The molecule has 9 aromatic rings. The number of rotatable bonds is 6. The van der Waals surface area contributed by atoms with Gasteiger partial charge in [-0.05, 0) is 71.8 Å². The lowest BCUT2D eigenvalue weighted by Crippen LogP contribution is -1.98. The van der Waals surface area contributed by atoms with Crippen molar-refractivity contribution in [1.29, 1.82) is 0 Å². The van der Waals surface area contributed by atoms with Gasteiger partial charge in [0.2, 0.25) is 0 Å². The summed E-state index contributed by atoms with van der Waals surface area (Å²) in [4.78, 5) is 14.7. The molecule has 0 atom stereocenters. The van der Waals surface area contributed by atoms with Crippen LogP contribution in [0.1, 0.15) is 0 Å². The van der Waals surface area contributed by atoms with Crippen LogP contribution in [0.4, 0.5) is 0 Å². The van der Waals surface area contributed by atoms with Crippen LogP contribution in [-0.4, -0.2) is 24.1 Å². The number of pyridine rings is 1. The van der Waals surface area contributed by atoms with Crippen molar-refractivity contribution in [3.63, 3.8) is 0 Å². The summed E-state index contributed by atoms with van der Waals surface area (Å²) in [5.74, 6) is 1.85. The van der Waals surface area contributed by atoms with Gasteiger partial charge in [-0.2, -0.15) is 0 Å². The molecule has 3 heterocycles. The molecular weight excluding hydrogens is 587 g/mol. The molecule has 9 rings (SSSR count). The van der Waals surface area contributed by atoms with E-state index in [1.165, 1.54) is 0 Å². The lowest BCUT2D eigenvalue weighted by Gasteiger charge is -2.12. The monoisotopic (exact) mass is 615 g/mol. The van der Waals surface area contributed by atoms with Crippen molar-refractivity contribution in [2.24, 2.45) is 0 Å². The Bertz CT molecular complexity index is 2350. The predicted octanol–water partition coefficient (Wildman–Crippen LogP) is 10.4. The third-order valence-electron chi connectivity index (χ3n) is 8.83. The van der Waals surface area contributed by atoms with Gasteiger partial charge in [-0.1, -0.05) is 109 Å². The zero-order chi connectivity index (χ0) is 31.9. The van der Waals surface area contributed by atoms with E-state index in [1.807, 2.05) is 30.5 Å². The lowest BCUT2D eigenvalue weighted by molar-refractivity contribution is 1.10. The first kappa shape index (κ1) is 27.7. The Morgan fingerprint density at radius 3 is 1.33 bits per heavy atom. The lowest BCUT2D eigenvalue weighted by atomic mass is 10.0. The zero-order valence-electron chi connectivity index (χ0n) is 26.0. The second kappa shape index (κ2) is 11.6. The first-order chi connectivity index (χ1) is 23.8. The van der Waals surface area contributed by atoms with Gasteiger partial charge in [0.1, 0.15) is 11.6 Å². The Labute approximate surface area is 278 Å². The average molecular weight is 616 g/mol. The number of imidazole rings is 2. The third kappa shape index (κ3) is 4.86. The Hall–Kier alpha value is -6.59. The number of para-hydroxylation sites is 4. The second-order valence-corrected chi connectivity index (χ2v) is 11.8. The maximum absolute atomic E-state index is 4.99. The fourth-order valence-corrected chi connectivity index (χ4v) is 6.49. The SMILES string of the molecule is c1ccc(-c2nc3ccccc3n2-c2ccc(-c3ccnc(-c4ccc(-n5c(-c6ccccc6)nc6ccccc65)cc4)c3)cc2)cc1. The average Bonchev–Trinajstić information content (AvgIpc) is 3.75. The molecule has 48 heavy (non-hydrogen) atoms. The molecule has 226 valence electrons. The molecule has 6 aromatic carbocycles. The van der Waals surface area contributed by atoms with Gasteiger partial charge in [-0.3, -0.25) is 14.1 Å². The minimum absolute atomic E-state index is 0.924. The molecule has 5 heteroatoms. The largest absolute Gasteiger partial charge is 0.292 e. The van der Waals surface area contributed by atoms with Gasteiger partial charge in [0.25, 0.3) is 0 Å². The van der Waals surface area contributed by atoms with Crippen LogP contribution in [0, 0.1) is 0 Å². The molecule has 0 N–H and O–H groups in total. The van der Waals surface area contributed by atoms with Crippen LogP contribution in [0.2, 0.25) is 0 Å². The summed E-state index contributed by atoms with van der Waals surface area (Å²) in [6.07, 6.45) is 1.89. The fourth-order valence-electron chi connectivity index (χ4n) is 6.49.